The molecule has 0 fully saturated rings. The van der Waals surface area contributed by atoms with Gasteiger partial charge in [-0.25, -0.2) is 0 Å². The molecule has 1 nitrogen and oxygen atoms in total. The molecule has 0 aliphatic rings. The van der Waals surface area contributed by atoms with Gasteiger partial charge < -0.3 is 4.42 Å². The average Bonchev–Trinajstić information content (AvgIpc) is 3.09. The third kappa shape index (κ3) is 2.16. The fourth-order valence-corrected chi connectivity index (χ4v) is 3.65. The van der Waals surface area contributed by atoms with Gasteiger partial charge >= 0.3 is 0 Å². The molecule has 0 N–H and O–H groups in total. The van der Waals surface area contributed by atoms with Crippen LogP contribution in [0.4, 0.5) is 0 Å². The zero-order valence-corrected chi connectivity index (χ0v) is 12.9. The van der Waals surface area contributed by atoms with E-state index in [2.05, 4.69) is 68.4 Å². The molecule has 2 heteroatoms. The lowest BCUT2D eigenvalue weighted by molar-refractivity contribution is 0.632. The molecule has 21 heavy (non-hydrogen) atoms. The van der Waals surface area contributed by atoms with Crippen LogP contribution in [0.3, 0.4) is 0 Å². The predicted octanol–water partition coefficient (Wildman–Crippen LogP) is 6.44. The third-order valence-electron chi connectivity index (χ3n) is 3.88. The van der Waals surface area contributed by atoms with Crippen LogP contribution in [0.1, 0.15) is 25.3 Å². The van der Waals surface area contributed by atoms with Gasteiger partial charge in [0.25, 0.3) is 0 Å². The Balaban J connectivity index is 1.86. The monoisotopic (exact) mass is 292 g/mol. The molecule has 0 aliphatic heterocycles. The van der Waals surface area contributed by atoms with Crippen LogP contribution in [0.5, 0.6) is 0 Å². The molecule has 4 rings (SSSR count). The molecular formula is C19H16OS. The molecule has 2 heterocycles. The van der Waals surface area contributed by atoms with Crippen LogP contribution in [-0.2, 0) is 0 Å². The molecule has 0 aliphatic carbocycles. The molecule has 2 aromatic heterocycles. The summed E-state index contributed by atoms with van der Waals surface area (Å²) in [5.41, 5.74) is 2.30. The van der Waals surface area contributed by atoms with Gasteiger partial charge in [-0.2, -0.15) is 0 Å². The highest BCUT2D eigenvalue weighted by Gasteiger charge is 2.10. The zero-order valence-electron chi connectivity index (χ0n) is 12.1. The van der Waals surface area contributed by atoms with E-state index in [0.29, 0.717) is 5.92 Å². The fourth-order valence-electron chi connectivity index (χ4n) is 2.63. The molecule has 0 amide bonds. The van der Waals surface area contributed by atoms with Crippen molar-refractivity contribution in [3.05, 3.63) is 60.2 Å². The highest BCUT2D eigenvalue weighted by molar-refractivity contribution is 7.22. The average molecular weight is 292 g/mol. The van der Waals surface area contributed by atoms with Crippen LogP contribution in [0.15, 0.2) is 59.0 Å². The number of hydrogen-bond acceptors (Lipinski definition) is 2. The Morgan fingerprint density at radius 1 is 0.905 bits per heavy atom. The van der Waals surface area contributed by atoms with Crippen molar-refractivity contribution in [2.75, 3.05) is 0 Å². The number of hydrogen-bond donors (Lipinski definition) is 0. The van der Waals surface area contributed by atoms with E-state index in [0.717, 1.165) is 11.3 Å². The lowest BCUT2D eigenvalue weighted by atomic mass is 10.0. The van der Waals surface area contributed by atoms with E-state index < -0.39 is 0 Å². The molecule has 0 radical (unpaired) electrons. The van der Waals surface area contributed by atoms with Crippen molar-refractivity contribution in [2.45, 2.75) is 19.8 Å². The Kier molecular flexibility index (Phi) is 2.86. The first-order valence-corrected chi connectivity index (χ1v) is 8.05. The normalized spacial score (nSPS) is 11.8. The van der Waals surface area contributed by atoms with Crippen LogP contribution in [0, 0.1) is 0 Å². The largest absolute Gasteiger partial charge is 0.455 e. The van der Waals surface area contributed by atoms with Gasteiger partial charge in [0.15, 0.2) is 0 Å². The van der Waals surface area contributed by atoms with E-state index >= 15 is 0 Å². The topological polar surface area (TPSA) is 13.1 Å². The van der Waals surface area contributed by atoms with Crippen LogP contribution in [0.25, 0.3) is 31.7 Å². The highest BCUT2D eigenvalue weighted by atomic mass is 32.1. The van der Waals surface area contributed by atoms with E-state index in [9.17, 15) is 0 Å². The summed E-state index contributed by atoms with van der Waals surface area (Å²) in [6.07, 6.45) is 0. The van der Waals surface area contributed by atoms with Gasteiger partial charge in [0.2, 0.25) is 0 Å². The molecule has 2 aromatic carbocycles. The molecule has 0 unspecified atom stereocenters. The summed E-state index contributed by atoms with van der Waals surface area (Å²) in [5, 5.41) is 2.45. The second-order valence-corrected chi connectivity index (χ2v) is 6.79. The van der Waals surface area contributed by atoms with E-state index in [-0.39, 0.29) is 0 Å². The summed E-state index contributed by atoms with van der Waals surface area (Å²) in [5.74, 6) is 1.49. The smallest absolute Gasteiger partial charge is 0.145 e. The summed E-state index contributed by atoms with van der Waals surface area (Å²) < 4.78 is 7.39. The van der Waals surface area contributed by atoms with Crippen molar-refractivity contribution in [2.24, 2.45) is 0 Å². The number of benzene rings is 2. The standard InChI is InChI=1S/C19H16OS/c1-12(2)13-7-8-14-10-17(20-16(14)9-13)19-11-15-5-3-4-6-18(15)21-19/h3-12H,1-2H3. The summed E-state index contributed by atoms with van der Waals surface area (Å²) in [4.78, 5) is 1.19. The van der Waals surface area contributed by atoms with Crippen LogP contribution in [0.2, 0.25) is 0 Å². The maximum absolute atomic E-state index is 6.08. The molecule has 0 saturated carbocycles. The number of thiophene rings is 1. The Labute approximate surface area is 127 Å². The Hall–Kier alpha value is -2.06. The van der Waals surface area contributed by atoms with Crippen LogP contribution in [-0.4, -0.2) is 0 Å². The minimum atomic E-state index is 0.521. The Bertz CT molecular complexity index is 894. The van der Waals surface area contributed by atoms with Gasteiger partial charge in [-0.15, -0.1) is 11.3 Å². The van der Waals surface area contributed by atoms with Gasteiger partial charge in [-0.3, -0.25) is 0 Å². The zero-order chi connectivity index (χ0) is 14.4. The maximum Gasteiger partial charge on any atom is 0.145 e. The second kappa shape index (κ2) is 4.74. The Morgan fingerprint density at radius 2 is 1.76 bits per heavy atom. The highest BCUT2D eigenvalue weighted by Crippen LogP contribution is 2.36. The summed E-state index contributed by atoms with van der Waals surface area (Å²) >= 11 is 1.78. The van der Waals surface area contributed by atoms with E-state index in [4.69, 9.17) is 4.42 Å². The molecule has 0 spiro atoms. The van der Waals surface area contributed by atoms with Gasteiger partial charge in [-0.05, 0) is 41.1 Å². The first kappa shape index (κ1) is 12.7. The quantitative estimate of drug-likeness (QED) is 0.414. The molecule has 4 aromatic rings. The van der Waals surface area contributed by atoms with Crippen molar-refractivity contribution in [1.29, 1.82) is 0 Å². The maximum atomic E-state index is 6.08. The van der Waals surface area contributed by atoms with E-state index in [1.165, 1.54) is 25.9 Å². The van der Waals surface area contributed by atoms with Crippen molar-refractivity contribution in [3.8, 4) is 10.6 Å². The van der Waals surface area contributed by atoms with E-state index in [1.807, 2.05) is 0 Å². The van der Waals surface area contributed by atoms with Gasteiger partial charge in [0.05, 0.1) is 4.88 Å². The fraction of sp³-hybridized carbons (Fsp3) is 0.158. The molecule has 0 bridgehead atoms. The van der Waals surface area contributed by atoms with Crippen LogP contribution >= 0.6 is 11.3 Å². The van der Waals surface area contributed by atoms with Gasteiger partial charge in [-0.1, -0.05) is 44.2 Å². The van der Waals surface area contributed by atoms with Crippen molar-refractivity contribution in [1.82, 2.24) is 0 Å². The predicted molar refractivity (Wildman–Crippen MR) is 91.1 cm³/mol. The SMILES string of the molecule is CC(C)c1ccc2cc(-c3cc4ccccc4s3)oc2c1. The van der Waals surface area contributed by atoms with Crippen molar-refractivity contribution < 1.29 is 4.42 Å². The first-order valence-electron chi connectivity index (χ1n) is 7.23. The summed E-state index contributed by atoms with van der Waals surface area (Å²) in [6, 6.07) is 19.3. The number of furan rings is 1. The van der Waals surface area contributed by atoms with Crippen molar-refractivity contribution in [3.63, 3.8) is 0 Å². The minimum absolute atomic E-state index is 0.521. The van der Waals surface area contributed by atoms with Gasteiger partial charge in [0.1, 0.15) is 11.3 Å². The number of fused-ring (bicyclic) bond motifs is 2. The number of rotatable bonds is 2. The summed E-state index contributed by atoms with van der Waals surface area (Å²) in [6.45, 7) is 4.41. The van der Waals surface area contributed by atoms with Crippen molar-refractivity contribution >= 4 is 32.4 Å². The first-order chi connectivity index (χ1) is 10.2. The Morgan fingerprint density at radius 3 is 2.57 bits per heavy atom. The molecule has 104 valence electrons. The van der Waals surface area contributed by atoms with Gasteiger partial charge in [0, 0.05) is 10.1 Å². The molecule has 0 saturated heterocycles. The lowest BCUT2D eigenvalue weighted by Gasteiger charge is -2.03. The minimum Gasteiger partial charge on any atom is -0.455 e. The second-order valence-electron chi connectivity index (χ2n) is 5.71. The summed E-state index contributed by atoms with van der Waals surface area (Å²) in [7, 11) is 0. The molecule has 0 atom stereocenters. The lowest BCUT2D eigenvalue weighted by Crippen LogP contribution is -1.84. The molecular weight excluding hydrogens is 276 g/mol. The third-order valence-corrected chi connectivity index (χ3v) is 5.01. The van der Waals surface area contributed by atoms with E-state index in [1.54, 1.807) is 11.3 Å². The van der Waals surface area contributed by atoms with Crippen LogP contribution < -0.4 is 0 Å².